The van der Waals surface area contributed by atoms with E-state index in [1.165, 1.54) is 11.3 Å². The van der Waals surface area contributed by atoms with Crippen molar-refractivity contribution in [3.8, 4) is 0 Å². The zero-order chi connectivity index (χ0) is 12.4. The minimum Gasteiger partial charge on any atom is -0.399 e. The van der Waals surface area contributed by atoms with E-state index >= 15 is 0 Å². The molecule has 0 unspecified atom stereocenters. The predicted octanol–water partition coefficient (Wildman–Crippen LogP) is 1.87. The molecule has 0 saturated carbocycles. The standard InChI is InChI=1S/C11H12N4OS/c1-6-9(17-11(13)14-6)10(16)15-8-4-2-7(12)3-5-8/h2-5H,12H2,1H3,(H2,13,14)(H,15,16). The van der Waals surface area contributed by atoms with Crippen LogP contribution in [0.5, 0.6) is 0 Å². The Balaban J connectivity index is 2.17. The Bertz CT molecular complexity index is 547. The second-order valence-corrected chi connectivity index (χ2v) is 4.57. The minimum absolute atomic E-state index is 0.207. The number of hydrogen-bond donors (Lipinski definition) is 3. The summed E-state index contributed by atoms with van der Waals surface area (Å²) in [4.78, 5) is 16.4. The van der Waals surface area contributed by atoms with E-state index in [4.69, 9.17) is 11.5 Å². The molecule has 0 aliphatic rings. The van der Waals surface area contributed by atoms with E-state index in [0.717, 1.165) is 0 Å². The number of benzene rings is 1. The van der Waals surface area contributed by atoms with Gasteiger partial charge in [0.25, 0.3) is 5.91 Å². The summed E-state index contributed by atoms with van der Waals surface area (Å²) in [6, 6.07) is 6.94. The number of nitrogen functional groups attached to an aromatic ring is 2. The molecule has 0 aliphatic heterocycles. The maximum absolute atomic E-state index is 11.9. The molecule has 0 atom stereocenters. The molecule has 0 fully saturated rings. The van der Waals surface area contributed by atoms with E-state index in [9.17, 15) is 4.79 Å². The van der Waals surface area contributed by atoms with Crippen LogP contribution in [0.25, 0.3) is 0 Å². The van der Waals surface area contributed by atoms with Gasteiger partial charge >= 0.3 is 0 Å². The lowest BCUT2D eigenvalue weighted by molar-refractivity contribution is 0.103. The smallest absolute Gasteiger partial charge is 0.267 e. The maximum Gasteiger partial charge on any atom is 0.267 e. The van der Waals surface area contributed by atoms with Gasteiger partial charge in [-0.25, -0.2) is 4.98 Å². The van der Waals surface area contributed by atoms with E-state index in [1.54, 1.807) is 31.2 Å². The molecule has 2 rings (SSSR count). The molecule has 0 radical (unpaired) electrons. The third-order valence-electron chi connectivity index (χ3n) is 2.19. The first-order valence-electron chi connectivity index (χ1n) is 4.96. The number of anilines is 3. The summed E-state index contributed by atoms with van der Waals surface area (Å²) in [5.74, 6) is -0.207. The molecule has 1 heterocycles. The van der Waals surface area contributed by atoms with Crippen LogP contribution in [0.1, 0.15) is 15.4 Å². The van der Waals surface area contributed by atoms with Crippen LogP contribution in [-0.2, 0) is 0 Å². The SMILES string of the molecule is Cc1nc(N)sc1C(=O)Nc1ccc(N)cc1. The van der Waals surface area contributed by atoms with Gasteiger partial charge in [-0.3, -0.25) is 4.79 Å². The minimum atomic E-state index is -0.207. The van der Waals surface area contributed by atoms with Crippen LogP contribution in [0, 0.1) is 6.92 Å². The monoisotopic (exact) mass is 248 g/mol. The van der Waals surface area contributed by atoms with Crippen LogP contribution in [0.4, 0.5) is 16.5 Å². The zero-order valence-corrected chi connectivity index (χ0v) is 10.0. The van der Waals surface area contributed by atoms with Crippen molar-refractivity contribution in [2.45, 2.75) is 6.92 Å². The molecule has 1 amide bonds. The van der Waals surface area contributed by atoms with Crippen LogP contribution in [-0.4, -0.2) is 10.9 Å². The highest BCUT2D eigenvalue weighted by molar-refractivity contribution is 7.17. The quantitative estimate of drug-likeness (QED) is 0.707. The van der Waals surface area contributed by atoms with E-state index in [2.05, 4.69) is 10.3 Å². The predicted molar refractivity (Wildman–Crippen MR) is 70.1 cm³/mol. The lowest BCUT2D eigenvalue weighted by Gasteiger charge is -2.03. The van der Waals surface area contributed by atoms with Crippen molar-refractivity contribution in [2.75, 3.05) is 16.8 Å². The number of aryl methyl sites for hydroxylation is 1. The molecule has 0 aliphatic carbocycles. The third kappa shape index (κ3) is 2.54. The van der Waals surface area contributed by atoms with Gasteiger partial charge in [0.2, 0.25) is 0 Å². The van der Waals surface area contributed by atoms with Crippen LogP contribution in [0.3, 0.4) is 0 Å². The Morgan fingerprint density at radius 1 is 1.29 bits per heavy atom. The van der Waals surface area contributed by atoms with Gasteiger partial charge in [-0.2, -0.15) is 0 Å². The number of nitrogens with two attached hydrogens (primary N) is 2. The number of rotatable bonds is 2. The van der Waals surface area contributed by atoms with Crippen molar-refractivity contribution in [1.82, 2.24) is 4.98 Å². The molecular weight excluding hydrogens is 236 g/mol. The lowest BCUT2D eigenvalue weighted by atomic mass is 10.3. The largest absolute Gasteiger partial charge is 0.399 e. The number of hydrogen-bond acceptors (Lipinski definition) is 5. The van der Waals surface area contributed by atoms with E-state index < -0.39 is 0 Å². The Hall–Kier alpha value is -2.08. The van der Waals surface area contributed by atoms with Crippen molar-refractivity contribution in [3.05, 3.63) is 34.8 Å². The number of nitrogens with zero attached hydrogens (tertiary/aromatic N) is 1. The van der Waals surface area contributed by atoms with Crippen molar-refractivity contribution < 1.29 is 4.79 Å². The topological polar surface area (TPSA) is 94.0 Å². The number of carbonyl (C=O) groups excluding carboxylic acids is 1. The lowest BCUT2D eigenvalue weighted by Crippen LogP contribution is -2.11. The first kappa shape index (κ1) is 11.4. The van der Waals surface area contributed by atoms with Crippen molar-refractivity contribution in [2.24, 2.45) is 0 Å². The van der Waals surface area contributed by atoms with Crippen LogP contribution in [0.15, 0.2) is 24.3 Å². The Labute approximate surface area is 102 Å². The molecule has 5 nitrogen and oxygen atoms in total. The van der Waals surface area contributed by atoms with Gasteiger partial charge in [-0.15, -0.1) is 0 Å². The Morgan fingerprint density at radius 2 is 1.94 bits per heavy atom. The number of thiazole rings is 1. The van der Waals surface area contributed by atoms with Gasteiger partial charge in [0.15, 0.2) is 5.13 Å². The van der Waals surface area contributed by atoms with E-state index in [-0.39, 0.29) is 5.91 Å². The second kappa shape index (κ2) is 4.42. The van der Waals surface area contributed by atoms with Crippen molar-refractivity contribution in [1.29, 1.82) is 0 Å². The molecule has 0 saturated heterocycles. The first-order chi connectivity index (χ1) is 8.06. The highest BCUT2D eigenvalue weighted by Gasteiger charge is 2.13. The molecule has 0 spiro atoms. The van der Waals surface area contributed by atoms with Gasteiger partial charge in [0.1, 0.15) is 4.88 Å². The maximum atomic E-state index is 11.9. The summed E-state index contributed by atoms with van der Waals surface area (Å²) < 4.78 is 0. The van der Waals surface area contributed by atoms with Gasteiger partial charge in [-0.05, 0) is 31.2 Å². The molecule has 17 heavy (non-hydrogen) atoms. The molecule has 5 N–H and O–H groups in total. The normalized spacial score (nSPS) is 10.2. The molecule has 88 valence electrons. The Morgan fingerprint density at radius 3 is 2.47 bits per heavy atom. The fraction of sp³-hybridized carbons (Fsp3) is 0.0909. The average molecular weight is 248 g/mol. The average Bonchev–Trinajstić information content (AvgIpc) is 2.61. The highest BCUT2D eigenvalue weighted by atomic mass is 32.1. The Kier molecular flexibility index (Phi) is 2.97. The van der Waals surface area contributed by atoms with Crippen molar-refractivity contribution in [3.63, 3.8) is 0 Å². The summed E-state index contributed by atoms with van der Waals surface area (Å²) in [6.07, 6.45) is 0. The first-order valence-corrected chi connectivity index (χ1v) is 5.77. The number of carbonyl (C=O) groups is 1. The van der Waals surface area contributed by atoms with Crippen LogP contribution in [0.2, 0.25) is 0 Å². The summed E-state index contributed by atoms with van der Waals surface area (Å²) in [5.41, 5.74) is 13.1. The summed E-state index contributed by atoms with van der Waals surface area (Å²) in [6.45, 7) is 1.75. The van der Waals surface area contributed by atoms with Gasteiger partial charge in [0, 0.05) is 11.4 Å². The summed E-state index contributed by atoms with van der Waals surface area (Å²) in [7, 11) is 0. The van der Waals surface area contributed by atoms with Crippen LogP contribution >= 0.6 is 11.3 Å². The van der Waals surface area contributed by atoms with Gasteiger partial charge in [-0.1, -0.05) is 11.3 Å². The molecular formula is C11H12N4OS. The van der Waals surface area contributed by atoms with Gasteiger partial charge < -0.3 is 16.8 Å². The number of aromatic nitrogens is 1. The number of nitrogens with one attached hydrogen (secondary N) is 1. The molecule has 6 heteroatoms. The molecule has 1 aromatic carbocycles. The fourth-order valence-corrected chi connectivity index (χ4v) is 2.11. The van der Waals surface area contributed by atoms with E-state index in [0.29, 0.717) is 27.1 Å². The second-order valence-electron chi connectivity index (χ2n) is 3.54. The zero-order valence-electron chi connectivity index (χ0n) is 9.23. The number of amides is 1. The summed E-state index contributed by atoms with van der Waals surface area (Å²) in [5, 5.41) is 3.15. The third-order valence-corrected chi connectivity index (χ3v) is 3.17. The molecule has 2 aromatic rings. The van der Waals surface area contributed by atoms with E-state index in [1.807, 2.05) is 0 Å². The fourth-order valence-electron chi connectivity index (χ4n) is 1.38. The summed E-state index contributed by atoms with van der Waals surface area (Å²) >= 11 is 1.17. The van der Waals surface area contributed by atoms with Crippen LogP contribution < -0.4 is 16.8 Å². The highest BCUT2D eigenvalue weighted by Crippen LogP contribution is 2.21. The van der Waals surface area contributed by atoms with Crippen molar-refractivity contribution >= 4 is 33.8 Å². The van der Waals surface area contributed by atoms with Gasteiger partial charge in [0.05, 0.1) is 5.69 Å². The molecule has 1 aromatic heterocycles. The molecule has 0 bridgehead atoms.